The van der Waals surface area contributed by atoms with Gasteiger partial charge in [0.1, 0.15) is 5.58 Å². The van der Waals surface area contributed by atoms with Crippen molar-refractivity contribution in [1.29, 1.82) is 0 Å². The molecule has 18 heavy (non-hydrogen) atoms. The zero-order valence-corrected chi connectivity index (χ0v) is 9.98. The second kappa shape index (κ2) is 4.46. The third kappa shape index (κ3) is 1.99. The lowest BCUT2D eigenvalue weighted by Crippen LogP contribution is -2.26. The van der Waals surface area contributed by atoms with E-state index in [1.807, 2.05) is 12.1 Å². The van der Waals surface area contributed by atoms with Crippen LogP contribution in [0.2, 0.25) is 0 Å². The van der Waals surface area contributed by atoms with Gasteiger partial charge in [-0.3, -0.25) is 0 Å². The van der Waals surface area contributed by atoms with Crippen LogP contribution in [0.1, 0.15) is 34.9 Å². The number of carboxylic acids is 1. The molecule has 4 heteroatoms. The zero-order chi connectivity index (χ0) is 12.5. The van der Waals surface area contributed by atoms with Crippen LogP contribution in [0.3, 0.4) is 0 Å². The summed E-state index contributed by atoms with van der Waals surface area (Å²) in [6.45, 7) is 2.10. The lowest BCUT2D eigenvalue weighted by atomic mass is 9.90. The van der Waals surface area contributed by atoms with E-state index >= 15 is 0 Å². The molecule has 0 bridgehead atoms. The Labute approximate surface area is 105 Å². The van der Waals surface area contributed by atoms with Crippen molar-refractivity contribution in [1.82, 2.24) is 5.32 Å². The van der Waals surface area contributed by atoms with Gasteiger partial charge in [0.2, 0.25) is 5.76 Å². The molecule has 1 fully saturated rings. The van der Waals surface area contributed by atoms with Gasteiger partial charge in [-0.05, 0) is 55.6 Å². The molecule has 0 radical (unpaired) electrons. The molecule has 2 heterocycles. The summed E-state index contributed by atoms with van der Waals surface area (Å²) < 4.78 is 5.26. The predicted molar refractivity (Wildman–Crippen MR) is 68.0 cm³/mol. The van der Waals surface area contributed by atoms with Gasteiger partial charge in [-0.15, -0.1) is 0 Å². The number of rotatable bonds is 2. The van der Waals surface area contributed by atoms with Gasteiger partial charge in [-0.1, -0.05) is 6.07 Å². The standard InChI is InChI=1S/C14H15NO3/c16-14(17)13-8-11-7-10(1-2-12(11)18-13)9-3-5-15-6-4-9/h1-2,7-9,15H,3-6H2,(H,16,17). The summed E-state index contributed by atoms with van der Waals surface area (Å²) >= 11 is 0. The zero-order valence-electron chi connectivity index (χ0n) is 9.98. The summed E-state index contributed by atoms with van der Waals surface area (Å²) in [5.74, 6) is -0.444. The quantitative estimate of drug-likeness (QED) is 0.853. The number of piperidine rings is 1. The van der Waals surface area contributed by atoms with Crippen LogP contribution in [-0.2, 0) is 0 Å². The van der Waals surface area contributed by atoms with E-state index in [0.29, 0.717) is 11.5 Å². The number of benzene rings is 1. The first kappa shape index (κ1) is 11.3. The molecule has 3 rings (SSSR count). The van der Waals surface area contributed by atoms with E-state index in [1.165, 1.54) is 5.56 Å². The number of carboxylic acid groups (broad SMARTS) is 1. The smallest absolute Gasteiger partial charge is 0.371 e. The fraction of sp³-hybridized carbons (Fsp3) is 0.357. The number of hydrogen-bond acceptors (Lipinski definition) is 3. The topological polar surface area (TPSA) is 62.5 Å². The highest BCUT2D eigenvalue weighted by molar-refractivity contribution is 5.91. The van der Waals surface area contributed by atoms with Crippen LogP contribution in [0.5, 0.6) is 0 Å². The highest BCUT2D eigenvalue weighted by Crippen LogP contribution is 2.29. The molecule has 1 aromatic carbocycles. The third-order valence-electron chi connectivity index (χ3n) is 3.56. The second-order valence-electron chi connectivity index (χ2n) is 4.74. The summed E-state index contributed by atoms with van der Waals surface area (Å²) in [5, 5.41) is 13.1. The maximum absolute atomic E-state index is 10.9. The number of hydrogen-bond donors (Lipinski definition) is 2. The highest BCUT2D eigenvalue weighted by atomic mass is 16.4. The van der Waals surface area contributed by atoms with Gasteiger partial charge in [0.05, 0.1) is 0 Å². The molecule has 1 aromatic heterocycles. The van der Waals surface area contributed by atoms with Crippen molar-refractivity contribution < 1.29 is 14.3 Å². The maximum Gasteiger partial charge on any atom is 0.371 e. The SMILES string of the molecule is O=C(O)c1cc2cc(C3CCNCC3)ccc2o1. The molecular weight excluding hydrogens is 230 g/mol. The van der Waals surface area contributed by atoms with Crippen LogP contribution in [-0.4, -0.2) is 24.2 Å². The molecule has 2 aromatic rings. The average molecular weight is 245 g/mol. The summed E-state index contributed by atoms with van der Waals surface area (Å²) in [5.41, 5.74) is 1.92. The maximum atomic E-state index is 10.9. The van der Waals surface area contributed by atoms with E-state index in [1.54, 1.807) is 6.07 Å². The molecule has 0 saturated carbocycles. The van der Waals surface area contributed by atoms with Crippen molar-refractivity contribution in [2.24, 2.45) is 0 Å². The summed E-state index contributed by atoms with van der Waals surface area (Å²) in [4.78, 5) is 10.9. The van der Waals surface area contributed by atoms with E-state index in [4.69, 9.17) is 9.52 Å². The predicted octanol–water partition coefficient (Wildman–Crippen LogP) is 2.60. The lowest BCUT2D eigenvalue weighted by molar-refractivity contribution is 0.0665. The number of nitrogens with one attached hydrogen (secondary N) is 1. The monoisotopic (exact) mass is 245 g/mol. The van der Waals surface area contributed by atoms with Gasteiger partial charge in [-0.2, -0.15) is 0 Å². The number of aromatic carboxylic acids is 1. The van der Waals surface area contributed by atoms with E-state index in [9.17, 15) is 4.79 Å². The molecule has 94 valence electrons. The van der Waals surface area contributed by atoms with E-state index in [0.717, 1.165) is 31.3 Å². The minimum Gasteiger partial charge on any atom is -0.475 e. The average Bonchev–Trinajstić information content (AvgIpc) is 2.82. The van der Waals surface area contributed by atoms with Gasteiger partial charge in [0.15, 0.2) is 0 Å². The van der Waals surface area contributed by atoms with E-state index in [2.05, 4.69) is 11.4 Å². The largest absolute Gasteiger partial charge is 0.475 e. The Balaban J connectivity index is 1.96. The Morgan fingerprint density at radius 2 is 2.06 bits per heavy atom. The van der Waals surface area contributed by atoms with Crippen molar-refractivity contribution in [2.45, 2.75) is 18.8 Å². The Morgan fingerprint density at radius 3 is 2.78 bits per heavy atom. The van der Waals surface area contributed by atoms with Crippen LogP contribution >= 0.6 is 0 Å². The molecule has 4 nitrogen and oxygen atoms in total. The first-order valence-electron chi connectivity index (χ1n) is 6.21. The normalized spacial score (nSPS) is 17.1. The molecular formula is C14H15NO3. The number of fused-ring (bicyclic) bond motifs is 1. The third-order valence-corrected chi connectivity index (χ3v) is 3.56. The van der Waals surface area contributed by atoms with Crippen molar-refractivity contribution in [2.75, 3.05) is 13.1 Å². The molecule has 2 N–H and O–H groups in total. The fourth-order valence-electron chi connectivity index (χ4n) is 2.58. The van der Waals surface area contributed by atoms with E-state index < -0.39 is 5.97 Å². The van der Waals surface area contributed by atoms with Crippen molar-refractivity contribution in [3.63, 3.8) is 0 Å². The van der Waals surface area contributed by atoms with Crippen molar-refractivity contribution >= 4 is 16.9 Å². The summed E-state index contributed by atoms with van der Waals surface area (Å²) in [7, 11) is 0. The highest BCUT2D eigenvalue weighted by Gasteiger charge is 2.17. The number of carbonyl (C=O) groups is 1. The van der Waals surface area contributed by atoms with Crippen molar-refractivity contribution in [3.05, 3.63) is 35.6 Å². The molecule has 0 atom stereocenters. The molecule has 0 unspecified atom stereocenters. The summed E-state index contributed by atoms with van der Waals surface area (Å²) in [6.07, 6.45) is 2.27. The lowest BCUT2D eigenvalue weighted by Gasteiger charge is -2.22. The molecule has 1 aliphatic heterocycles. The Hall–Kier alpha value is -1.81. The first-order valence-corrected chi connectivity index (χ1v) is 6.21. The molecule has 1 saturated heterocycles. The molecule has 1 aliphatic rings. The van der Waals surface area contributed by atoms with Gasteiger partial charge < -0.3 is 14.8 Å². The summed E-state index contributed by atoms with van der Waals surface area (Å²) in [6, 6.07) is 7.58. The number of furan rings is 1. The van der Waals surface area contributed by atoms with Gasteiger partial charge in [0, 0.05) is 5.39 Å². The first-order chi connectivity index (χ1) is 8.74. The minimum atomic E-state index is -1.02. The molecule has 0 spiro atoms. The van der Waals surface area contributed by atoms with Crippen molar-refractivity contribution in [3.8, 4) is 0 Å². The van der Waals surface area contributed by atoms with Gasteiger partial charge >= 0.3 is 5.97 Å². The molecule has 0 aliphatic carbocycles. The molecule has 0 amide bonds. The Bertz CT molecular complexity index is 582. The van der Waals surface area contributed by atoms with Crippen LogP contribution < -0.4 is 5.32 Å². The Morgan fingerprint density at radius 1 is 1.28 bits per heavy atom. The Kier molecular flexibility index (Phi) is 2.80. The van der Waals surface area contributed by atoms with Crippen LogP contribution in [0.4, 0.5) is 0 Å². The minimum absolute atomic E-state index is 0.00691. The van der Waals surface area contributed by atoms with Crippen LogP contribution in [0.25, 0.3) is 11.0 Å². The van der Waals surface area contributed by atoms with Gasteiger partial charge in [-0.25, -0.2) is 4.79 Å². The van der Waals surface area contributed by atoms with Crippen LogP contribution in [0.15, 0.2) is 28.7 Å². The van der Waals surface area contributed by atoms with E-state index in [-0.39, 0.29) is 5.76 Å². The second-order valence-corrected chi connectivity index (χ2v) is 4.74. The van der Waals surface area contributed by atoms with Crippen LogP contribution in [0, 0.1) is 0 Å². The fourth-order valence-corrected chi connectivity index (χ4v) is 2.58. The van der Waals surface area contributed by atoms with Gasteiger partial charge in [0.25, 0.3) is 0 Å².